The van der Waals surface area contributed by atoms with Crippen LogP contribution in [0.5, 0.6) is 0 Å². The van der Waals surface area contributed by atoms with Gasteiger partial charge in [0.15, 0.2) is 0 Å². The second-order valence-corrected chi connectivity index (χ2v) is 5.80. The Morgan fingerprint density at radius 2 is 2.47 bits per heavy atom. The van der Waals surface area contributed by atoms with Gasteiger partial charge in [-0.05, 0) is 53.7 Å². The minimum atomic E-state index is 0.621. The van der Waals surface area contributed by atoms with Crippen LogP contribution in [0, 0.1) is 5.41 Å². The van der Waals surface area contributed by atoms with E-state index in [0.29, 0.717) is 5.41 Å². The van der Waals surface area contributed by atoms with Gasteiger partial charge in [0, 0.05) is 19.6 Å². The fourth-order valence-corrected chi connectivity index (χ4v) is 3.61. The Balaban J connectivity index is 1.61. The normalized spacial score (nSPS) is 31.7. The summed E-state index contributed by atoms with van der Waals surface area (Å²) in [5.41, 5.74) is 2.11. The molecule has 0 amide bonds. The van der Waals surface area contributed by atoms with Crippen LogP contribution in [0.25, 0.3) is 0 Å². The van der Waals surface area contributed by atoms with Gasteiger partial charge in [0.25, 0.3) is 0 Å². The van der Waals surface area contributed by atoms with Crippen molar-refractivity contribution in [3.8, 4) is 0 Å². The summed E-state index contributed by atoms with van der Waals surface area (Å²) in [6.45, 7) is 6.22. The van der Waals surface area contributed by atoms with Crippen molar-refractivity contribution < 1.29 is 0 Å². The highest BCUT2D eigenvalue weighted by Gasteiger charge is 2.39. The first-order chi connectivity index (χ1) is 7.36. The molecule has 2 fully saturated rings. The van der Waals surface area contributed by atoms with E-state index in [-0.39, 0.29) is 0 Å². The SMILES string of the molecule is c1cc(CN2CCC3(CCNC3)C2)cs1. The molecular weight excluding hydrogens is 204 g/mol. The third-order valence-electron chi connectivity index (χ3n) is 3.84. The molecule has 3 heterocycles. The van der Waals surface area contributed by atoms with Gasteiger partial charge in [0.2, 0.25) is 0 Å². The highest BCUT2D eigenvalue weighted by Crippen LogP contribution is 2.36. The smallest absolute Gasteiger partial charge is 0.0242 e. The van der Waals surface area contributed by atoms with E-state index in [4.69, 9.17) is 0 Å². The molecule has 82 valence electrons. The van der Waals surface area contributed by atoms with Crippen LogP contribution in [-0.2, 0) is 6.54 Å². The van der Waals surface area contributed by atoms with E-state index in [0.717, 1.165) is 6.54 Å². The summed E-state index contributed by atoms with van der Waals surface area (Å²) in [6.07, 6.45) is 2.78. The van der Waals surface area contributed by atoms with Gasteiger partial charge in [-0.15, -0.1) is 0 Å². The Morgan fingerprint density at radius 3 is 3.20 bits per heavy atom. The summed E-state index contributed by atoms with van der Waals surface area (Å²) in [5, 5.41) is 7.96. The maximum atomic E-state index is 3.51. The largest absolute Gasteiger partial charge is 0.316 e. The molecule has 2 nitrogen and oxygen atoms in total. The predicted octanol–water partition coefficient (Wildman–Crippen LogP) is 1.93. The molecule has 15 heavy (non-hydrogen) atoms. The van der Waals surface area contributed by atoms with Gasteiger partial charge in [0.05, 0.1) is 0 Å². The molecule has 0 bridgehead atoms. The van der Waals surface area contributed by atoms with Crippen LogP contribution >= 0.6 is 11.3 Å². The van der Waals surface area contributed by atoms with E-state index in [2.05, 4.69) is 27.0 Å². The topological polar surface area (TPSA) is 15.3 Å². The highest BCUT2D eigenvalue weighted by atomic mass is 32.1. The minimum absolute atomic E-state index is 0.621. The van der Waals surface area contributed by atoms with Crippen LogP contribution in [0.3, 0.4) is 0 Å². The van der Waals surface area contributed by atoms with Crippen molar-refractivity contribution in [2.45, 2.75) is 19.4 Å². The molecule has 3 rings (SSSR count). The molecule has 1 aromatic rings. The van der Waals surface area contributed by atoms with Crippen LogP contribution < -0.4 is 5.32 Å². The van der Waals surface area contributed by atoms with Crippen molar-refractivity contribution in [3.63, 3.8) is 0 Å². The number of nitrogens with zero attached hydrogens (tertiary/aromatic N) is 1. The maximum Gasteiger partial charge on any atom is 0.0242 e. The first-order valence-electron chi connectivity index (χ1n) is 5.81. The standard InChI is InChI=1S/C12H18N2S/c1-6-15-8-11(1)7-14-5-3-12(10-14)2-4-13-9-12/h1,6,8,13H,2-5,7,9-10H2. The number of hydrogen-bond acceptors (Lipinski definition) is 3. The molecule has 1 spiro atoms. The predicted molar refractivity (Wildman–Crippen MR) is 64.1 cm³/mol. The van der Waals surface area contributed by atoms with Gasteiger partial charge in [0.1, 0.15) is 0 Å². The Morgan fingerprint density at radius 1 is 1.47 bits per heavy atom. The maximum absolute atomic E-state index is 3.51. The zero-order valence-corrected chi connectivity index (χ0v) is 9.85. The van der Waals surface area contributed by atoms with Crippen molar-refractivity contribution in [1.29, 1.82) is 0 Å². The van der Waals surface area contributed by atoms with Gasteiger partial charge < -0.3 is 5.32 Å². The monoisotopic (exact) mass is 222 g/mol. The zero-order valence-electron chi connectivity index (χ0n) is 9.04. The van der Waals surface area contributed by atoms with Crippen LogP contribution in [-0.4, -0.2) is 31.1 Å². The number of nitrogens with one attached hydrogen (secondary N) is 1. The molecule has 0 radical (unpaired) electrons. The van der Waals surface area contributed by atoms with Gasteiger partial charge in [-0.2, -0.15) is 11.3 Å². The Labute approximate surface area is 95.3 Å². The minimum Gasteiger partial charge on any atom is -0.316 e. The second kappa shape index (κ2) is 3.89. The van der Waals surface area contributed by atoms with Gasteiger partial charge in [-0.1, -0.05) is 0 Å². The molecule has 0 aliphatic carbocycles. The van der Waals surface area contributed by atoms with E-state index < -0.39 is 0 Å². The average molecular weight is 222 g/mol. The molecule has 2 aliphatic heterocycles. The average Bonchev–Trinajstić information content (AvgIpc) is 2.92. The van der Waals surface area contributed by atoms with E-state index in [1.165, 1.54) is 44.6 Å². The molecule has 0 aromatic carbocycles. The van der Waals surface area contributed by atoms with Gasteiger partial charge >= 0.3 is 0 Å². The molecule has 1 aromatic heterocycles. The lowest BCUT2D eigenvalue weighted by Gasteiger charge is -2.22. The lowest BCUT2D eigenvalue weighted by molar-refractivity contribution is 0.269. The summed E-state index contributed by atoms with van der Waals surface area (Å²) >= 11 is 1.81. The fraction of sp³-hybridized carbons (Fsp3) is 0.667. The molecule has 3 heteroatoms. The molecule has 1 atom stereocenters. The van der Waals surface area contributed by atoms with E-state index in [1.54, 1.807) is 0 Å². The van der Waals surface area contributed by atoms with Crippen LogP contribution in [0.4, 0.5) is 0 Å². The highest BCUT2D eigenvalue weighted by molar-refractivity contribution is 7.07. The molecule has 1 N–H and O–H groups in total. The third-order valence-corrected chi connectivity index (χ3v) is 4.57. The molecule has 2 saturated heterocycles. The number of thiophene rings is 1. The Hall–Kier alpha value is -0.380. The fourth-order valence-electron chi connectivity index (χ4n) is 2.95. The summed E-state index contributed by atoms with van der Waals surface area (Å²) < 4.78 is 0. The third kappa shape index (κ3) is 1.96. The van der Waals surface area contributed by atoms with E-state index >= 15 is 0 Å². The second-order valence-electron chi connectivity index (χ2n) is 5.02. The number of likely N-dealkylation sites (tertiary alicyclic amines) is 1. The summed E-state index contributed by atoms with van der Waals surface area (Å²) in [5.74, 6) is 0. The van der Waals surface area contributed by atoms with Crippen molar-refractivity contribution in [3.05, 3.63) is 22.4 Å². The zero-order chi connectivity index (χ0) is 10.1. The lowest BCUT2D eigenvalue weighted by Crippen LogP contribution is -2.28. The van der Waals surface area contributed by atoms with Crippen molar-refractivity contribution in [2.24, 2.45) is 5.41 Å². The molecule has 0 saturated carbocycles. The van der Waals surface area contributed by atoms with Crippen molar-refractivity contribution in [1.82, 2.24) is 10.2 Å². The molecular formula is C12H18N2S. The van der Waals surface area contributed by atoms with Crippen LogP contribution in [0.1, 0.15) is 18.4 Å². The van der Waals surface area contributed by atoms with Crippen LogP contribution in [0.2, 0.25) is 0 Å². The van der Waals surface area contributed by atoms with Crippen LogP contribution in [0.15, 0.2) is 16.8 Å². The molecule has 1 unspecified atom stereocenters. The first-order valence-corrected chi connectivity index (χ1v) is 6.75. The Bertz CT molecular complexity index is 314. The number of hydrogen-bond donors (Lipinski definition) is 1. The van der Waals surface area contributed by atoms with E-state index in [9.17, 15) is 0 Å². The summed E-state index contributed by atoms with van der Waals surface area (Å²) in [6, 6.07) is 2.25. The van der Waals surface area contributed by atoms with Gasteiger partial charge in [-0.25, -0.2) is 0 Å². The van der Waals surface area contributed by atoms with Crippen molar-refractivity contribution >= 4 is 11.3 Å². The summed E-state index contributed by atoms with van der Waals surface area (Å²) in [7, 11) is 0. The first kappa shape index (κ1) is 9.82. The Kier molecular flexibility index (Phi) is 2.54. The van der Waals surface area contributed by atoms with Gasteiger partial charge in [-0.3, -0.25) is 4.90 Å². The number of rotatable bonds is 2. The van der Waals surface area contributed by atoms with E-state index in [1.807, 2.05) is 11.3 Å². The summed E-state index contributed by atoms with van der Waals surface area (Å²) in [4.78, 5) is 2.62. The molecule has 2 aliphatic rings. The quantitative estimate of drug-likeness (QED) is 0.822. The van der Waals surface area contributed by atoms with Crippen molar-refractivity contribution in [2.75, 3.05) is 26.2 Å². The lowest BCUT2D eigenvalue weighted by atomic mass is 9.87.